The third-order valence-electron chi connectivity index (χ3n) is 2.69. The van der Waals surface area contributed by atoms with Crippen molar-refractivity contribution in [3.8, 4) is 0 Å². The van der Waals surface area contributed by atoms with Gasteiger partial charge in [-0.1, -0.05) is 6.92 Å². The molecular formula is C14H25NO3. The van der Waals surface area contributed by atoms with Gasteiger partial charge in [-0.05, 0) is 31.5 Å². The summed E-state index contributed by atoms with van der Waals surface area (Å²) in [6.07, 6.45) is 3.15. The standard InChI is InChI=1S/C14H25NO3/c1-3-13-6-7-14(18-13)12-15-8-4-5-9-17-11-10-16-2/h6-7,15H,3-5,8-12H2,1-2H3. The van der Waals surface area contributed by atoms with Gasteiger partial charge < -0.3 is 19.2 Å². The van der Waals surface area contributed by atoms with Crippen molar-refractivity contribution < 1.29 is 13.9 Å². The Labute approximate surface area is 110 Å². The molecule has 4 heteroatoms. The first-order valence-electron chi connectivity index (χ1n) is 6.71. The lowest BCUT2D eigenvalue weighted by molar-refractivity contribution is 0.0688. The summed E-state index contributed by atoms with van der Waals surface area (Å²) in [5, 5.41) is 3.37. The van der Waals surface area contributed by atoms with Gasteiger partial charge in [-0.25, -0.2) is 0 Å². The van der Waals surface area contributed by atoms with Crippen LogP contribution in [0.25, 0.3) is 0 Å². The zero-order valence-corrected chi connectivity index (χ0v) is 11.5. The van der Waals surface area contributed by atoms with E-state index in [2.05, 4.69) is 12.2 Å². The van der Waals surface area contributed by atoms with Crippen molar-refractivity contribution in [2.75, 3.05) is 33.5 Å². The van der Waals surface area contributed by atoms with Gasteiger partial charge in [0, 0.05) is 20.1 Å². The maximum atomic E-state index is 5.60. The molecule has 1 N–H and O–H groups in total. The SMILES string of the molecule is CCc1ccc(CNCCCCOCCOC)o1. The molecule has 0 fully saturated rings. The predicted molar refractivity (Wildman–Crippen MR) is 71.7 cm³/mol. The Morgan fingerprint density at radius 2 is 1.94 bits per heavy atom. The summed E-state index contributed by atoms with van der Waals surface area (Å²) in [5.41, 5.74) is 0. The molecule has 1 rings (SSSR count). The molecule has 0 radical (unpaired) electrons. The lowest BCUT2D eigenvalue weighted by Crippen LogP contribution is -2.15. The van der Waals surface area contributed by atoms with E-state index in [1.54, 1.807) is 7.11 Å². The number of hydrogen-bond donors (Lipinski definition) is 1. The van der Waals surface area contributed by atoms with Gasteiger partial charge in [0.2, 0.25) is 0 Å². The second-order valence-corrected chi connectivity index (χ2v) is 4.21. The van der Waals surface area contributed by atoms with Crippen LogP contribution in [-0.2, 0) is 22.4 Å². The Hall–Kier alpha value is -0.840. The van der Waals surface area contributed by atoms with E-state index >= 15 is 0 Å². The molecular weight excluding hydrogens is 230 g/mol. The maximum absolute atomic E-state index is 5.60. The highest BCUT2D eigenvalue weighted by Crippen LogP contribution is 2.07. The first-order valence-corrected chi connectivity index (χ1v) is 6.71. The monoisotopic (exact) mass is 255 g/mol. The molecule has 0 aliphatic rings. The summed E-state index contributed by atoms with van der Waals surface area (Å²) >= 11 is 0. The molecule has 0 atom stereocenters. The van der Waals surface area contributed by atoms with Crippen LogP contribution in [0.1, 0.15) is 31.3 Å². The molecule has 0 aliphatic heterocycles. The number of hydrogen-bond acceptors (Lipinski definition) is 4. The molecule has 0 aromatic carbocycles. The van der Waals surface area contributed by atoms with Crippen LogP contribution in [-0.4, -0.2) is 33.5 Å². The van der Waals surface area contributed by atoms with Gasteiger partial charge >= 0.3 is 0 Å². The molecule has 0 bridgehead atoms. The first kappa shape index (κ1) is 15.2. The molecule has 0 aliphatic carbocycles. The smallest absolute Gasteiger partial charge is 0.117 e. The quantitative estimate of drug-likeness (QED) is 0.617. The Morgan fingerprint density at radius 1 is 1.11 bits per heavy atom. The van der Waals surface area contributed by atoms with Gasteiger partial charge in [-0.2, -0.15) is 0 Å². The molecule has 1 aromatic heterocycles. The van der Waals surface area contributed by atoms with Gasteiger partial charge in [-0.15, -0.1) is 0 Å². The lowest BCUT2D eigenvalue weighted by atomic mass is 10.3. The van der Waals surface area contributed by atoms with Crippen LogP contribution >= 0.6 is 0 Å². The average molecular weight is 255 g/mol. The topological polar surface area (TPSA) is 43.6 Å². The molecule has 0 spiro atoms. The van der Waals surface area contributed by atoms with Gasteiger partial charge in [-0.3, -0.25) is 0 Å². The van der Waals surface area contributed by atoms with Crippen molar-refractivity contribution in [3.63, 3.8) is 0 Å². The molecule has 0 saturated carbocycles. The molecule has 0 unspecified atom stereocenters. The molecule has 104 valence electrons. The van der Waals surface area contributed by atoms with Crippen LogP contribution in [0.15, 0.2) is 16.5 Å². The van der Waals surface area contributed by atoms with Gasteiger partial charge in [0.25, 0.3) is 0 Å². The molecule has 0 amide bonds. The summed E-state index contributed by atoms with van der Waals surface area (Å²) in [6, 6.07) is 4.08. The minimum atomic E-state index is 0.677. The van der Waals surface area contributed by atoms with Crippen molar-refractivity contribution in [1.29, 1.82) is 0 Å². The highest BCUT2D eigenvalue weighted by atomic mass is 16.5. The van der Waals surface area contributed by atoms with E-state index in [1.165, 1.54) is 0 Å². The Balaban J connectivity index is 1.89. The molecule has 0 saturated heterocycles. The Morgan fingerprint density at radius 3 is 2.67 bits per heavy atom. The number of methoxy groups -OCH3 is 1. The molecule has 1 aromatic rings. The van der Waals surface area contributed by atoms with Crippen molar-refractivity contribution in [1.82, 2.24) is 5.32 Å². The fraction of sp³-hybridized carbons (Fsp3) is 0.714. The van der Waals surface area contributed by atoms with Crippen molar-refractivity contribution >= 4 is 0 Å². The minimum Gasteiger partial charge on any atom is -0.465 e. The van der Waals surface area contributed by atoms with E-state index in [-0.39, 0.29) is 0 Å². The van der Waals surface area contributed by atoms with E-state index in [9.17, 15) is 0 Å². The Bertz CT molecular complexity index is 299. The predicted octanol–water partition coefficient (Wildman–Crippen LogP) is 2.37. The van der Waals surface area contributed by atoms with E-state index in [1.807, 2.05) is 12.1 Å². The third kappa shape index (κ3) is 6.79. The molecule has 4 nitrogen and oxygen atoms in total. The number of nitrogens with one attached hydrogen (secondary N) is 1. The summed E-state index contributed by atoms with van der Waals surface area (Å²) in [7, 11) is 1.69. The van der Waals surface area contributed by atoms with Gasteiger partial charge in [0.05, 0.1) is 19.8 Å². The van der Waals surface area contributed by atoms with Crippen LogP contribution in [0.4, 0.5) is 0 Å². The highest BCUT2D eigenvalue weighted by Gasteiger charge is 1.99. The lowest BCUT2D eigenvalue weighted by Gasteiger charge is -2.04. The second kappa shape index (κ2) is 10.1. The van der Waals surface area contributed by atoms with E-state index < -0.39 is 0 Å². The van der Waals surface area contributed by atoms with E-state index in [0.29, 0.717) is 13.2 Å². The zero-order valence-electron chi connectivity index (χ0n) is 11.5. The van der Waals surface area contributed by atoms with Gasteiger partial charge in [0.1, 0.15) is 11.5 Å². The van der Waals surface area contributed by atoms with Crippen molar-refractivity contribution in [2.45, 2.75) is 32.7 Å². The third-order valence-corrected chi connectivity index (χ3v) is 2.69. The number of unbranched alkanes of at least 4 members (excludes halogenated alkanes) is 1. The first-order chi connectivity index (χ1) is 8.86. The van der Waals surface area contributed by atoms with Crippen LogP contribution in [0, 0.1) is 0 Å². The van der Waals surface area contributed by atoms with E-state index in [4.69, 9.17) is 13.9 Å². The van der Waals surface area contributed by atoms with E-state index in [0.717, 1.165) is 50.5 Å². The summed E-state index contributed by atoms with van der Waals surface area (Å²) in [4.78, 5) is 0. The summed E-state index contributed by atoms with van der Waals surface area (Å²) in [6.45, 7) is 6.08. The maximum Gasteiger partial charge on any atom is 0.117 e. The number of rotatable bonds is 11. The normalized spacial score (nSPS) is 11.0. The highest BCUT2D eigenvalue weighted by molar-refractivity contribution is 5.06. The summed E-state index contributed by atoms with van der Waals surface area (Å²) < 4.78 is 15.9. The average Bonchev–Trinajstić information content (AvgIpc) is 2.85. The van der Waals surface area contributed by atoms with Crippen LogP contribution in [0.3, 0.4) is 0 Å². The zero-order chi connectivity index (χ0) is 13.1. The van der Waals surface area contributed by atoms with Crippen molar-refractivity contribution in [3.05, 3.63) is 23.7 Å². The number of aryl methyl sites for hydroxylation is 1. The number of furan rings is 1. The summed E-state index contributed by atoms with van der Waals surface area (Å²) in [5.74, 6) is 2.07. The minimum absolute atomic E-state index is 0.677. The fourth-order valence-electron chi connectivity index (χ4n) is 1.62. The van der Waals surface area contributed by atoms with Crippen LogP contribution in [0.5, 0.6) is 0 Å². The largest absolute Gasteiger partial charge is 0.465 e. The second-order valence-electron chi connectivity index (χ2n) is 4.21. The van der Waals surface area contributed by atoms with Crippen molar-refractivity contribution in [2.24, 2.45) is 0 Å². The fourth-order valence-corrected chi connectivity index (χ4v) is 1.62. The van der Waals surface area contributed by atoms with Gasteiger partial charge in [0.15, 0.2) is 0 Å². The Kier molecular flexibility index (Phi) is 8.55. The molecule has 18 heavy (non-hydrogen) atoms. The van der Waals surface area contributed by atoms with Crippen LogP contribution < -0.4 is 5.32 Å². The molecule has 1 heterocycles. The van der Waals surface area contributed by atoms with Crippen LogP contribution in [0.2, 0.25) is 0 Å². The number of ether oxygens (including phenoxy) is 2.